The Labute approximate surface area is 223 Å². The van der Waals surface area contributed by atoms with Gasteiger partial charge in [0.05, 0.1) is 0 Å². The summed E-state index contributed by atoms with van der Waals surface area (Å²) in [5.41, 5.74) is 1.04. The molecule has 1 atom stereocenters. The quantitative estimate of drug-likeness (QED) is 0.354. The van der Waals surface area contributed by atoms with Crippen LogP contribution in [0.3, 0.4) is 0 Å². The average Bonchev–Trinajstić information content (AvgIpc) is 2.76. The first-order chi connectivity index (χ1) is 17.1. The molecule has 0 amide bonds. The molecule has 0 saturated heterocycles. The number of hydrogen-bond acceptors (Lipinski definition) is 8. The second kappa shape index (κ2) is 11.0. The highest BCUT2D eigenvalue weighted by atomic mass is 32.2. The van der Waals surface area contributed by atoms with Crippen LogP contribution >= 0.6 is 11.8 Å². The molecule has 1 aliphatic rings. The number of aliphatic hydroxyl groups excluding tert-OH is 1. The zero-order chi connectivity index (χ0) is 27.6. The Morgan fingerprint density at radius 2 is 1.81 bits per heavy atom. The molecule has 0 fully saturated rings. The van der Waals surface area contributed by atoms with Crippen molar-refractivity contribution in [3.05, 3.63) is 63.8 Å². The molecule has 8 nitrogen and oxygen atoms in total. The van der Waals surface area contributed by atoms with Crippen molar-refractivity contribution in [2.24, 2.45) is 0 Å². The highest BCUT2D eigenvalue weighted by Crippen LogP contribution is 2.44. The molecule has 1 heterocycles. The molecule has 0 bridgehead atoms. The molecule has 0 aliphatic carbocycles. The van der Waals surface area contributed by atoms with Crippen LogP contribution in [0.25, 0.3) is 0 Å². The smallest absolute Gasteiger partial charge is 0.382 e. The fourth-order valence-corrected chi connectivity index (χ4v) is 6.10. The first-order valence-electron chi connectivity index (χ1n) is 12.1. The molecule has 1 unspecified atom stereocenters. The highest BCUT2D eigenvalue weighted by molar-refractivity contribution is 8.04. The minimum absolute atomic E-state index is 0.0398. The summed E-state index contributed by atoms with van der Waals surface area (Å²) < 4.78 is 37.7. The number of phenols is 1. The van der Waals surface area contributed by atoms with E-state index in [2.05, 4.69) is 4.72 Å². The highest BCUT2D eigenvalue weighted by Gasteiger charge is 2.39. The van der Waals surface area contributed by atoms with Crippen LogP contribution < -0.4 is 8.91 Å². The van der Waals surface area contributed by atoms with Gasteiger partial charge < -0.3 is 19.1 Å². The van der Waals surface area contributed by atoms with Gasteiger partial charge in [-0.05, 0) is 73.1 Å². The van der Waals surface area contributed by atoms with Gasteiger partial charge in [-0.1, -0.05) is 51.6 Å². The predicted octanol–water partition coefficient (Wildman–Crippen LogP) is 5.43. The number of aliphatic hydroxyl groups is 1. The Kier molecular flexibility index (Phi) is 8.56. The summed E-state index contributed by atoms with van der Waals surface area (Å²) in [6.45, 7) is 11.3. The van der Waals surface area contributed by atoms with Gasteiger partial charge in [0.2, 0.25) is 0 Å². The van der Waals surface area contributed by atoms with Gasteiger partial charge in [0.25, 0.3) is 0 Å². The van der Waals surface area contributed by atoms with Crippen LogP contribution in [-0.2, 0) is 31.7 Å². The van der Waals surface area contributed by atoms with Crippen molar-refractivity contribution in [3.63, 3.8) is 0 Å². The molecular formula is C27H35NO7S2. The zero-order valence-electron chi connectivity index (χ0n) is 22.0. The van der Waals surface area contributed by atoms with Crippen molar-refractivity contribution in [2.45, 2.75) is 76.7 Å². The number of aryl methyl sites for hydroxylation is 2. The standard InChI is InChI=1S/C27H35NO7S2/c1-7-28-37(32,33)35-22-15-20(26(3,4)5)23(14-17(22)2)36-24-21(30)16-27(6,34-25(24)31)13-12-18-8-10-19(29)11-9-18/h8-11,14-15,28-30H,7,12-13,16H2,1-6H3. The number of thioether (sulfide) groups is 1. The second-order valence-electron chi connectivity index (χ2n) is 10.5. The fourth-order valence-electron chi connectivity index (χ4n) is 4.03. The van der Waals surface area contributed by atoms with Crippen molar-refractivity contribution in [1.82, 2.24) is 4.72 Å². The van der Waals surface area contributed by atoms with Gasteiger partial charge in [-0.3, -0.25) is 0 Å². The average molecular weight is 550 g/mol. The van der Waals surface area contributed by atoms with E-state index in [0.717, 1.165) is 22.9 Å². The number of carbonyl (C=O) groups is 1. The van der Waals surface area contributed by atoms with Gasteiger partial charge >= 0.3 is 16.3 Å². The minimum atomic E-state index is -3.96. The SMILES string of the molecule is CCNS(=O)(=O)Oc1cc(C(C)(C)C)c(SC2=C(O)CC(C)(CCc3ccc(O)cc3)OC2=O)cc1C. The summed E-state index contributed by atoms with van der Waals surface area (Å²) in [5, 5.41) is 20.4. The van der Waals surface area contributed by atoms with Crippen molar-refractivity contribution in [1.29, 1.82) is 0 Å². The number of esters is 1. The Balaban J connectivity index is 1.86. The summed E-state index contributed by atoms with van der Waals surface area (Å²) in [6.07, 6.45) is 1.29. The molecule has 0 aromatic heterocycles. The van der Waals surface area contributed by atoms with Crippen molar-refractivity contribution in [3.8, 4) is 11.5 Å². The summed E-state index contributed by atoms with van der Waals surface area (Å²) in [4.78, 5) is 13.9. The maximum atomic E-state index is 13.0. The van der Waals surface area contributed by atoms with Crippen LogP contribution in [0.2, 0.25) is 0 Å². The number of phenolic OH excluding ortho intramolecular Hbond substituents is 1. The maximum absolute atomic E-state index is 13.0. The van der Waals surface area contributed by atoms with Crippen molar-refractivity contribution in [2.75, 3.05) is 6.54 Å². The molecule has 202 valence electrons. The lowest BCUT2D eigenvalue weighted by atomic mass is 9.86. The van der Waals surface area contributed by atoms with Crippen LogP contribution in [0.15, 0.2) is 52.0 Å². The number of cyclic esters (lactones) is 1. The van der Waals surface area contributed by atoms with Crippen LogP contribution in [0.1, 0.15) is 64.2 Å². The molecule has 2 aromatic carbocycles. The van der Waals surface area contributed by atoms with Crippen LogP contribution in [-0.4, -0.2) is 36.7 Å². The third-order valence-corrected chi connectivity index (χ3v) is 8.23. The molecule has 3 rings (SSSR count). The van der Waals surface area contributed by atoms with Gasteiger partial charge in [-0.2, -0.15) is 13.1 Å². The van der Waals surface area contributed by atoms with Gasteiger partial charge in [-0.25, -0.2) is 4.79 Å². The van der Waals surface area contributed by atoms with E-state index in [4.69, 9.17) is 8.92 Å². The Bertz CT molecular complexity index is 1300. The van der Waals surface area contributed by atoms with Gasteiger partial charge in [0.1, 0.15) is 27.8 Å². The Hall–Kier alpha value is -2.69. The van der Waals surface area contributed by atoms with E-state index in [0.29, 0.717) is 23.3 Å². The Morgan fingerprint density at radius 3 is 2.38 bits per heavy atom. The molecule has 0 spiro atoms. The fraction of sp³-hybridized carbons (Fsp3) is 0.444. The third kappa shape index (κ3) is 7.43. The van der Waals surface area contributed by atoms with Gasteiger partial charge in [-0.15, -0.1) is 0 Å². The molecule has 2 aromatic rings. The largest absolute Gasteiger partial charge is 0.511 e. The number of carbonyl (C=O) groups excluding carboxylic acids is 1. The lowest BCUT2D eigenvalue weighted by molar-refractivity contribution is -0.156. The summed E-state index contributed by atoms with van der Waals surface area (Å²) in [7, 11) is -3.96. The van der Waals surface area contributed by atoms with Crippen LogP contribution in [0.5, 0.6) is 11.5 Å². The number of hydrogen-bond donors (Lipinski definition) is 3. The molecule has 0 radical (unpaired) electrons. The summed E-state index contributed by atoms with van der Waals surface area (Å²) in [6, 6.07) is 10.3. The predicted molar refractivity (Wildman–Crippen MR) is 144 cm³/mol. The molecular weight excluding hydrogens is 514 g/mol. The van der Waals surface area contributed by atoms with Gasteiger partial charge in [0, 0.05) is 17.9 Å². The van der Waals surface area contributed by atoms with Crippen LogP contribution in [0, 0.1) is 6.92 Å². The first-order valence-corrected chi connectivity index (χ1v) is 14.3. The van der Waals surface area contributed by atoms with E-state index < -0.39 is 27.3 Å². The second-order valence-corrected chi connectivity index (χ2v) is 12.9. The number of nitrogens with one attached hydrogen (secondary N) is 1. The molecule has 37 heavy (non-hydrogen) atoms. The third-order valence-electron chi connectivity index (χ3n) is 6.02. The zero-order valence-corrected chi connectivity index (χ0v) is 23.7. The van der Waals surface area contributed by atoms with E-state index in [1.54, 1.807) is 45.0 Å². The molecule has 0 saturated carbocycles. The van der Waals surface area contributed by atoms with E-state index in [9.17, 15) is 23.4 Å². The lowest BCUT2D eigenvalue weighted by Crippen LogP contribution is -2.37. The van der Waals surface area contributed by atoms with Gasteiger partial charge in [0.15, 0.2) is 0 Å². The minimum Gasteiger partial charge on any atom is -0.511 e. The first kappa shape index (κ1) is 28.9. The molecule has 10 heteroatoms. The maximum Gasteiger partial charge on any atom is 0.382 e. The lowest BCUT2D eigenvalue weighted by Gasteiger charge is -2.34. The summed E-state index contributed by atoms with van der Waals surface area (Å²) in [5.74, 6) is -0.261. The number of rotatable bonds is 9. The number of benzene rings is 2. The normalized spacial score (nSPS) is 18.6. The molecule has 1 aliphatic heterocycles. The topological polar surface area (TPSA) is 122 Å². The van der Waals surface area contributed by atoms with Crippen molar-refractivity contribution >= 4 is 28.0 Å². The van der Waals surface area contributed by atoms with Crippen LogP contribution in [0.4, 0.5) is 0 Å². The van der Waals surface area contributed by atoms with E-state index in [1.165, 1.54) is 0 Å². The molecule has 3 N–H and O–H groups in total. The van der Waals surface area contributed by atoms with E-state index in [1.807, 2.05) is 32.9 Å². The number of ether oxygens (including phenoxy) is 1. The monoisotopic (exact) mass is 549 g/mol. The van der Waals surface area contributed by atoms with E-state index in [-0.39, 0.29) is 35.1 Å². The summed E-state index contributed by atoms with van der Waals surface area (Å²) >= 11 is 1.11. The number of aromatic hydroxyl groups is 1. The Morgan fingerprint density at radius 1 is 1.16 bits per heavy atom. The van der Waals surface area contributed by atoms with Crippen molar-refractivity contribution < 1.29 is 32.3 Å². The van der Waals surface area contributed by atoms with E-state index >= 15 is 0 Å².